The fourth-order valence-electron chi connectivity index (χ4n) is 2.42. The molecule has 0 amide bonds. The largest absolute Gasteiger partial charge is 0.497 e. The molecule has 0 atom stereocenters. The van der Waals surface area contributed by atoms with Crippen LogP contribution in [0.4, 0.5) is 5.69 Å². The van der Waals surface area contributed by atoms with E-state index in [2.05, 4.69) is 9.71 Å². The molecule has 1 heterocycles. The normalized spacial score (nSPS) is 11.4. The summed E-state index contributed by atoms with van der Waals surface area (Å²) in [5, 5.41) is 0.748. The van der Waals surface area contributed by atoms with Gasteiger partial charge in [-0.25, -0.2) is 8.42 Å². The number of methoxy groups -OCH3 is 1. The van der Waals surface area contributed by atoms with Crippen LogP contribution in [0, 0.1) is 0 Å². The molecule has 0 spiro atoms. The van der Waals surface area contributed by atoms with E-state index < -0.39 is 10.0 Å². The van der Waals surface area contributed by atoms with Gasteiger partial charge in [-0.15, -0.1) is 0 Å². The Labute approximate surface area is 135 Å². The minimum atomic E-state index is -3.35. The lowest BCUT2D eigenvalue weighted by molar-refractivity contribution is 0.415. The van der Waals surface area contributed by atoms with Crippen LogP contribution in [-0.2, 0) is 10.0 Å². The van der Waals surface area contributed by atoms with Gasteiger partial charge in [-0.3, -0.25) is 9.71 Å². The van der Waals surface area contributed by atoms with Gasteiger partial charge in [0.15, 0.2) is 0 Å². The van der Waals surface area contributed by atoms with Crippen LogP contribution >= 0.6 is 0 Å². The maximum Gasteiger partial charge on any atom is 0.229 e. The number of anilines is 1. The zero-order valence-electron chi connectivity index (χ0n) is 12.8. The molecule has 0 saturated heterocycles. The summed E-state index contributed by atoms with van der Waals surface area (Å²) in [7, 11) is -1.73. The number of hydrogen-bond acceptors (Lipinski definition) is 4. The number of ether oxygens (including phenoxy) is 1. The maximum absolute atomic E-state index is 11.5. The van der Waals surface area contributed by atoms with Gasteiger partial charge in [0, 0.05) is 11.6 Å². The van der Waals surface area contributed by atoms with Gasteiger partial charge in [0.05, 0.1) is 24.6 Å². The first-order valence-electron chi connectivity index (χ1n) is 6.97. The fraction of sp³-hybridized carbons (Fsp3) is 0.118. The van der Waals surface area contributed by atoms with Gasteiger partial charge < -0.3 is 4.74 Å². The van der Waals surface area contributed by atoms with E-state index in [1.54, 1.807) is 19.4 Å². The van der Waals surface area contributed by atoms with E-state index in [0.717, 1.165) is 34.0 Å². The molecule has 3 aromatic rings. The standard InChI is InChI=1S/C17H16N2O3S/c1-22-14-5-3-4-12(10-14)13-6-7-16-15(11-13)17(8-9-18-16)19-23(2,20)21/h3-11H,1-2H3,(H,18,19). The molecule has 2 aromatic carbocycles. The Balaban J connectivity index is 2.15. The van der Waals surface area contributed by atoms with Crippen molar-refractivity contribution < 1.29 is 13.2 Å². The molecule has 0 bridgehead atoms. The number of aromatic nitrogens is 1. The van der Waals surface area contributed by atoms with E-state index in [9.17, 15) is 8.42 Å². The molecule has 118 valence electrons. The molecule has 1 aromatic heterocycles. The Kier molecular flexibility index (Phi) is 3.92. The monoisotopic (exact) mass is 328 g/mol. The summed E-state index contributed by atoms with van der Waals surface area (Å²) < 4.78 is 30.9. The first-order valence-corrected chi connectivity index (χ1v) is 8.86. The van der Waals surface area contributed by atoms with Gasteiger partial charge >= 0.3 is 0 Å². The number of rotatable bonds is 4. The molecule has 6 heteroatoms. The van der Waals surface area contributed by atoms with Crippen LogP contribution in [0.1, 0.15) is 0 Å². The molecule has 3 rings (SSSR count). The molecule has 0 fully saturated rings. The second-order valence-corrected chi connectivity index (χ2v) is 6.95. The SMILES string of the molecule is COc1cccc(-c2ccc3nccc(NS(C)(=O)=O)c3c2)c1. The topological polar surface area (TPSA) is 68.3 Å². The highest BCUT2D eigenvalue weighted by Crippen LogP contribution is 2.30. The Hall–Kier alpha value is -2.60. The van der Waals surface area contributed by atoms with Gasteiger partial charge in [0.25, 0.3) is 0 Å². The van der Waals surface area contributed by atoms with Crippen molar-refractivity contribution in [2.24, 2.45) is 0 Å². The fourth-order valence-corrected chi connectivity index (χ4v) is 2.99. The second kappa shape index (κ2) is 5.89. The lowest BCUT2D eigenvalue weighted by atomic mass is 10.0. The third-order valence-corrected chi connectivity index (χ3v) is 4.03. The van der Waals surface area contributed by atoms with Crippen molar-refractivity contribution in [3.8, 4) is 16.9 Å². The third-order valence-electron chi connectivity index (χ3n) is 3.44. The van der Waals surface area contributed by atoms with Crippen molar-refractivity contribution in [3.05, 3.63) is 54.7 Å². The average Bonchev–Trinajstić information content (AvgIpc) is 2.53. The van der Waals surface area contributed by atoms with Crippen molar-refractivity contribution in [2.75, 3.05) is 18.1 Å². The van der Waals surface area contributed by atoms with Crippen LogP contribution in [0.15, 0.2) is 54.7 Å². The summed E-state index contributed by atoms with van der Waals surface area (Å²) in [5.74, 6) is 0.767. The highest BCUT2D eigenvalue weighted by atomic mass is 32.2. The molecule has 0 unspecified atom stereocenters. The lowest BCUT2D eigenvalue weighted by Gasteiger charge is -2.10. The summed E-state index contributed by atoms with van der Waals surface area (Å²) in [6.07, 6.45) is 2.71. The summed E-state index contributed by atoms with van der Waals surface area (Å²) in [5.41, 5.74) is 3.19. The van der Waals surface area contributed by atoms with Gasteiger partial charge in [-0.2, -0.15) is 0 Å². The highest BCUT2D eigenvalue weighted by molar-refractivity contribution is 7.92. The van der Waals surface area contributed by atoms with Gasteiger partial charge in [0.1, 0.15) is 5.75 Å². The molecule has 0 saturated carbocycles. The van der Waals surface area contributed by atoms with Crippen LogP contribution < -0.4 is 9.46 Å². The van der Waals surface area contributed by atoms with Gasteiger partial charge in [-0.05, 0) is 41.5 Å². The van der Waals surface area contributed by atoms with Crippen molar-refractivity contribution in [2.45, 2.75) is 0 Å². The van der Waals surface area contributed by atoms with Crippen molar-refractivity contribution in [1.29, 1.82) is 0 Å². The Morgan fingerprint density at radius 3 is 2.57 bits per heavy atom. The number of hydrogen-bond donors (Lipinski definition) is 1. The molecular weight excluding hydrogens is 312 g/mol. The Morgan fingerprint density at radius 1 is 1.04 bits per heavy atom. The molecule has 5 nitrogen and oxygen atoms in total. The van der Waals surface area contributed by atoms with Crippen LogP contribution in [0.5, 0.6) is 5.75 Å². The number of benzene rings is 2. The average molecular weight is 328 g/mol. The molecular formula is C17H16N2O3S. The molecule has 0 radical (unpaired) electrons. The van der Waals surface area contributed by atoms with Crippen LogP contribution in [-0.4, -0.2) is 26.8 Å². The first-order chi connectivity index (χ1) is 11.0. The predicted molar refractivity (Wildman–Crippen MR) is 92.2 cm³/mol. The lowest BCUT2D eigenvalue weighted by Crippen LogP contribution is -2.09. The summed E-state index contributed by atoms with van der Waals surface area (Å²) in [6, 6.07) is 15.1. The number of pyridine rings is 1. The number of fused-ring (bicyclic) bond motifs is 1. The van der Waals surface area contributed by atoms with Crippen LogP contribution in [0.25, 0.3) is 22.0 Å². The maximum atomic E-state index is 11.5. The highest BCUT2D eigenvalue weighted by Gasteiger charge is 2.09. The third kappa shape index (κ3) is 3.43. The molecule has 0 aliphatic carbocycles. The zero-order chi connectivity index (χ0) is 16.4. The second-order valence-electron chi connectivity index (χ2n) is 5.20. The minimum absolute atomic E-state index is 0.516. The van der Waals surface area contributed by atoms with Crippen molar-refractivity contribution in [3.63, 3.8) is 0 Å². The summed E-state index contributed by atoms with van der Waals surface area (Å²) in [6.45, 7) is 0. The molecule has 1 N–H and O–H groups in total. The zero-order valence-corrected chi connectivity index (χ0v) is 13.6. The smallest absolute Gasteiger partial charge is 0.229 e. The van der Waals surface area contributed by atoms with E-state index in [-0.39, 0.29) is 0 Å². The van der Waals surface area contributed by atoms with E-state index in [0.29, 0.717) is 5.69 Å². The van der Waals surface area contributed by atoms with E-state index >= 15 is 0 Å². The minimum Gasteiger partial charge on any atom is -0.497 e. The van der Waals surface area contributed by atoms with Crippen molar-refractivity contribution >= 4 is 26.6 Å². The number of nitrogens with one attached hydrogen (secondary N) is 1. The predicted octanol–water partition coefficient (Wildman–Crippen LogP) is 3.28. The summed E-state index contributed by atoms with van der Waals surface area (Å²) in [4.78, 5) is 4.28. The molecule has 23 heavy (non-hydrogen) atoms. The molecule has 0 aliphatic heterocycles. The number of sulfonamides is 1. The van der Waals surface area contributed by atoms with E-state index in [1.807, 2.05) is 42.5 Å². The Bertz CT molecular complexity index is 968. The van der Waals surface area contributed by atoms with Crippen LogP contribution in [0.2, 0.25) is 0 Å². The van der Waals surface area contributed by atoms with Gasteiger partial charge in [0.2, 0.25) is 10.0 Å². The first kappa shape index (κ1) is 15.3. The van der Waals surface area contributed by atoms with E-state index in [1.165, 1.54) is 0 Å². The Morgan fingerprint density at radius 2 is 1.83 bits per heavy atom. The number of nitrogens with zero attached hydrogens (tertiary/aromatic N) is 1. The van der Waals surface area contributed by atoms with Gasteiger partial charge in [-0.1, -0.05) is 18.2 Å². The van der Waals surface area contributed by atoms with Crippen LogP contribution in [0.3, 0.4) is 0 Å². The quantitative estimate of drug-likeness (QED) is 0.798. The van der Waals surface area contributed by atoms with Crippen molar-refractivity contribution in [1.82, 2.24) is 4.98 Å². The molecule has 0 aliphatic rings. The summed E-state index contributed by atoms with van der Waals surface area (Å²) >= 11 is 0. The van der Waals surface area contributed by atoms with E-state index in [4.69, 9.17) is 4.74 Å².